The zero-order valence-electron chi connectivity index (χ0n) is 19.5. The SMILES string of the molecule is O=C1CCC(=O)N1Cc1cc2nccc(-c3cc(Cl)cc4c3N(C3CC5(CNC5)C3)CCC4)c2s1. The third-order valence-electron chi connectivity index (χ3n) is 8.29. The number of hydrogen-bond donors (Lipinski definition) is 1. The molecule has 3 aliphatic heterocycles. The highest BCUT2D eigenvalue weighted by molar-refractivity contribution is 7.19. The van der Waals surface area contributed by atoms with Crippen molar-refractivity contribution in [2.75, 3.05) is 24.5 Å². The van der Waals surface area contributed by atoms with Gasteiger partial charge in [-0.1, -0.05) is 11.6 Å². The molecule has 8 heteroatoms. The number of imide groups is 1. The molecular formula is C27H27ClN4O2S. The maximum atomic E-state index is 12.2. The molecule has 1 N–H and O–H groups in total. The van der Waals surface area contributed by atoms with E-state index in [2.05, 4.69) is 33.4 Å². The van der Waals surface area contributed by atoms with E-state index in [-0.39, 0.29) is 11.8 Å². The molecule has 2 saturated heterocycles. The number of fused-ring (bicyclic) bond motifs is 2. The molecule has 0 bridgehead atoms. The van der Waals surface area contributed by atoms with Crippen molar-refractivity contribution in [3.8, 4) is 11.1 Å². The summed E-state index contributed by atoms with van der Waals surface area (Å²) in [5, 5.41) is 4.23. The summed E-state index contributed by atoms with van der Waals surface area (Å²) in [6.45, 7) is 3.72. The van der Waals surface area contributed by atoms with Crippen molar-refractivity contribution in [2.24, 2.45) is 5.41 Å². The third-order valence-corrected chi connectivity index (χ3v) is 9.65. The van der Waals surface area contributed by atoms with Crippen molar-refractivity contribution in [1.82, 2.24) is 15.2 Å². The number of nitrogens with zero attached hydrogens (tertiary/aromatic N) is 3. The van der Waals surface area contributed by atoms with Crippen molar-refractivity contribution < 1.29 is 9.59 Å². The van der Waals surface area contributed by atoms with E-state index in [0.717, 1.165) is 58.2 Å². The number of anilines is 1. The molecule has 5 heterocycles. The number of hydrogen-bond acceptors (Lipinski definition) is 6. The van der Waals surface area contributed by atoms with Gasteiger partial charge in [-0.05, 0) is 60.9 Å². The average Bonchev–Trinajstić information content (AvgIpc) is 3.34. The summed E-state index contributed by atoms with van der Waals surface area (Å²) in [7, 11) is 0. The van der Waals surface area contributed by atoms with E-state index < -0.39 is 0 Å². The molecule has 3 aromatic rings. The van der Waals surface area contributed by atoms with Crippen LogP contribution in [-0.2, 0) is 22.6 Å². The Morgan fingerprint density at radius 2 is 1.89 bits per heavy atom. The van der Waals surface area contributed by atoms with Gasteiger partial charge in [-0.25, -0.2) is 0 Å². The number of benzene rings is 1. The van der Waals surface area contributed by atoms with E-state index >= 15 is 0 Å². The number of amides is 2. The number of aromatic nitrogens is 1. The van der Waals surface area contributed by atoms with E-state index in [9.17, 15) is 9.59 Å². The highest BCUT2D eigenvalue weighted by atomic mass is 35.5. The van der Waals surface area contributed by atoms with Crippen LogP contribution in [0.4, 0.5) is 5.69 Å². The number of carbonyl (C=O) groups excluding carboxylic acids is 2. The maximum Gasteiger partial charge on any atom is 0.230 e. The minimum atomic E-state index is -0.0832. The first kappa shape index (κ1) is 21.8. The van der Waals surface area contributed by atoms with Gasteiger partial charge in [0.05, 0.1) is 16.8 Å². The van der Waals surface area contributed by atoms with Crippen LogP contribution in [0.5, 0.6) is 0 Å². The minimum Gasteiger partial charge on any atom is -0.368 e. The molecule has 1 aliphatic carbocycles. The van der Waals surface area contributed by atoms with Crippen LogP contribution in [0.1, 0.15) is 42.5 Å². The first-order valence-corrected chi connectivity index (χ1v) is 13.7. The molecular weight excluding hydrogens is 480 g/mol. The quantitative estimate of drug-likeness (QED) is 0.516. The van der Waals surface area contributed by atoms with Crippen LogP contribution in [0, 0.1) is 5.41 Å². The summed E-state index contributed by atoms with van der Waals surface area (Å²) in [6.07, 6.45) is 7.21. The number of carbonyl (C=O) groups is 2. The van der Waals surface area contributed by atoms with Gasteiger partial charge < -0.3 is 10.2 Å². The summed E-state index contributed by atoms with van der Waals surface area (Å²) in [5.74, 6) is -0.166. The van der Waals surface area contributed by atoms with Crippen LogP contribution >= 0.6 is 22.9 Å². The Morgan fingerprint density at radius 3 is 2.63 bits per heavy atom. The van der Waals surface area contributed by atoms with Crippen molar-refractivity contribution in [2.45, 2.75) is 51.1 Å². The van der Waals surface area contributed by atoms with Gasteiger partial charge in [-0.15, -0.1) is 11.3 Å². The van der Waals surface area contributed by atoms with Crippen molar-refractivity contribution >= 4 is 50.7 Å². The molecule has 2 amide bonds. The number of thiophene rings is 1. The molecule has 7 rings (SSSR count). The smallest absolute Gasteiger partial charge is 0.230 e. The number of aryl methyl sites for hydroxylation is 1. The Balaban J connectivity index is 1.29. The van der Waals surface area contributed by atoms with E-state index in [0.29, 0.717) is 30.8 Å². The van der Waals surface area contributed by atoms with Gasteiger partial charge in [-0.3, -0.25) is 19.5 Å². The zero-order chi connectivity index (χ0) is 23.7. The topological polar surface area (TPSA) is 65.5 Å². The first-order chi connectivity index (χ1) is 17.0. The third kappa shape index (κ3) is 3.51. The lowest BCUT2D eigenvalue weighted by Crippen LogP contribution is -2.65. The summed E-state index contributed by atoms with van der Waals surface area (Å²) in [6, 6.07) is 8.95. The van der Waals surface area contributed by atoms with Gasteiger partial charge in [0.25, 0.3) is 0 Å². The maximum absolute atomic E-state index is 12.2. The molecule has 0 atom stereocenters. The lowest BCUT2D eigenvalue weighted by Gasteiger charge is -2.58. The fraction of sp³-hybridized carbons (Fsp3) is 0.444. The molecule has 0 unspecified atom stereocenters. The molecule has 1 saturated carbocycles. The van der Waals surface area contributed by atoms with Crippen LogP contribution < -0.4 is 10.2 Å². The monoisotopic (exact) mass is 506 g/mol. The van der Waals surface area contributed by atoms with Gasteiger partial charge in [0.2, 0.25) is 11.8 Å². The van der Waals surface area contributed by atoms with E-state index in [1.807, 2.05) is 12.3 Å². The highest BCUT2D eigenvalue weighted by Gasteiger charge is 2.51. The molecule has 3 fully saturated rings. The zero-order valence-corrected chi connectivity index (χ0v) is 21.1. The fourth-order valence-electron chi connectivity index (χ4n) is 6.47. The van der Waals surface area contributed by atoms with Gasteiger partial charge in [0.1, 0.15) is 0 Å². The standard InChI is InChI=1S/C27H27ClN4O2S/c28-17-8-16-2-1-7-31(18-11-27(12-18)14-29-15-27)25(16)21(9-17)20-5-6-30-22-10-19(35-26(20)22)13-32-23(33)3-4-24(32)34/h5-6,8-10,18,29H,1-4,7,11-15H2. The number of rotatable bonds is 4. The number of halogens is 1. The number of likely N-dealkylation sites (tertiary alicyclic amines) is 1. The molecule has 4 aliphatic rings. The molecule has 1 aromatic carbocycles. The highest BCUT2D eigenvalue weighted by Crippen LogP contribution is 2.51. The largest absolute Gasteiger partial charge is 0.368 e. The van der Waals surface area contributed by atoms with Crippen LogP contribution in [0.15, 0.2) is 30.5 Å². The summed E-state index contributed by atoms with van der Waals surface area (Å²) in [4.78, 5) is 34.0. The Bertz CT molecular complexity index is 1360. The summed E-state index contributed by atoms with van der Waals surface area (Å²) >= 11 is 8.29. The Labute approximate surface area is 213 Å². The van der Waals surface area contributed by atoms with Crippen LogP contribution in [-0.4, -0.2) is 47.4 Å². The normalized spacial score (nSPS) is 21.5. The van der Waals surface area contributed by atoms with Crippen molar-refractivity contribution in [3.05, 3.63) is 45.9 Å². The molecule has 180 valence electrons. The van der Waals surface area contributed by atoms with Crippen LogP contribution in [0.25, 0.3) is 21.3 Å². The summed E-state index contributed by atoms with van der Waals surface area (Å²) < 4.78 is 1.09. The van der Waals surface area contributed by atoms with Crippen molar-refractivity contribution in [1.29, 1.82) is 0 Å². The number of pyridine rings is 1. The lowest BCUT2D eigenvalue weighted by atomic mass is 9.61. The van der Waals surface area contributed by atoms with Gasteiger partial charge >= 0.3 is 0 Å². The molecule has 2 aromatic heterocycles. The Kier molecular flexibility index (Phi) is 4.99. The fourth-order valence-corrected chi connectivity index (χ4v) is 7.84. The second-order valence-corrected chi connectivity index (χ2v) is 12.2. The number of nitrogens with one attached hydrogen (secondary N) is 1. The Hall–Kier alpha value is -2.48. The Morgan fingerprint density at radius 1 is 1.09 bits per heavy atom. The van der Waals surface area contributed by atoms with Crippen LogP contribution in [0.3, 0.4) is 0 Å². The predicted molar refractivity (Wildman–Crippen MR) is 139 cm³/mol. The van der Waals surface area contributed by atoms with E-state index in [1.54, 1.807) is 11.3 Å². The second kappa shape index (κ2) is 8.02. The molecule has 1 spiro atoms. The molecule has 0 radical (unpaired) electrons. The average molecular weight is 507 g/mol. The van der Waals surface area contributed by atoms with E-state index in [4.69, 9.17) is 11.6 Å². The van der Waals surface area contributed by atoms with Gasteiger partial charge in [-0.2, -0.15) is 0 Å². The predicted octanol–water partition coefficient (Wildman–Crippen LogP) is 4.77. The summed E-state index contributed by atoms with van der Waals surface area (Å²) in [5.41, 5.74) is 6.40. The minimum absolute atomic E-state index is 0.0832. The van der Waals surface area contributed by atoms with Gasteiger partial charge in [0, 0.05) is 71.4 Å². The van der Waals surface area contributed by atoms with Crippen LogP contribution in [0.2, 0.25) is 5.02 Å². The van der Waals surface area contributed by atoms with Gasteiger partial charge in [0.15, 0.2) is 0 Å². The molecule has 35 heavy (non-hydrogen) atoms. The second-order valence-electron chi connectivity index (χ2n) is 10.6. The first-order valence-electron chi connectivity index (χ1n) is 12.5. The molecule has 6 nitrogen and oxygen atoms in total. The van der Waals surface area contributed by atoms with Crippen molar-refractivity contribution in [3.63, 3.8) is 0 Å². The van der Waals surface area contributed by atoms with E-state index in [1.165, 1.54) is 34.6 Å². The lowest BCUT2D eigenvalue weighted by molar-refractivity contribution is -0.138.